The average Bonchev–Trinajstić information content (AvgIpc) is 3.31. The van der Waals surface area contributed by atoms with Crippen molar-refractivity contribution in [3.8, 4) is 11.4 Å². The Morgan fingerprint density at radius 1 is 1.21 bits per heavy atom. The lowest BCUT2D eigenvalue weighted by atomic mass is 9.82. The number of fused-ring (bicyclic) bond motifs is 5. The first-order chi connectivity index (χ1) is 15.9. The topological polar surface area (TPSA) is 92.5 Å². The smallest absolute Gasteiger partial charge is 0.163 e. The van der Waals surface area contributed by atoms with E-state index < -0.39 is 5.82 Å². The fourth-order valence-electron chi connectivity index (χ4n) is 5.65. The summed E-state index contributed by atoms with van der Waals surface area (Å²) in [6.07, 6.45) is 6.98. The van der Waals surface area contributed by atoms with Gasteiger partial charge in [-0.1, -0.05) is 12.1 Å². The van der Waals surface area contributed by atoms with Gasteiger partial charge in [0.15, 0.2) is 5.82 Å². The standard InChI is InChI=1S/C25H24F2N6/c1-13-17(18-3-2-4-20(27)21(18)30-13)6-8-25-7-5-16(33-25)10-19-22(25)31-24(32-23(19)28)14-9-15(26)12-29-11-14/h2-4,9,11-12,16,30,33H,5-8,10H2,1H3,(H2,28,31,32). The highest BCUT2D eigenvalue weighted by Gasteiger charge is 2.47. The molecule has 6 nitrogen and oxygen atoms in total. The maximum Gasteiger partial charge on any atom is 0.163 e. The lowest BCUT2D eigenvalue weighted by molar-refractivity contribution is 0.311. The number of nitrogen functional groups attached to an aromatic ring is 1. The number of para-hydroxylation sites is 1. The first-order valence-electron chi connectivity index (χ1n) is 11.2. The van der Waals surface area contributed by atoms with Gasteiger partial charge >= 0.3 is 0 Å². The maximum absolute atomic E-state index is 14.3. The molecule has 2 atom stereocenters. The molecule has 0 amide bonds. The third-order valence-electron chi connectivity index (χ3n) is 7.21. The summed E-state index contributed by atoms with van der Waals surface area (Å²) in [5.41, 5.74) is 11.1. The van der Waals surface area contributed by atoms with Gasteiger partial charge in [-0.15, -0.1) is 0 Å². The molecule has 1 fully saturated rings. The van der Waals surface area contributed by atoms with Crippen LogP contribution in [0.25, 0.3) is 22.3 Å². The van der Waals surface area contributed by atoms with E-state index in [1.807, 2.05) is 13.0 Å². The average molecular weight is 447 g/mol. The molecule has 0 saturated carbocycles. The maximum atomic E-state index is 14.3. The SMILES string of the molecule is Cc1[nH]c2c(F)cccc2c1CCC12CCC(Cc3c(N)nc(-c4cncc(F)c4)nc31)N2. The summed E-state index contributed by atoms with van der Waals surface area (Å²) in [6, 6.07) is 6.89. The van der Waals surface area contributed by atoms with Crippen molar-refractivity contribution >= 4 is 16.7 Å². The van der Waals surface area contributed by atoms with Gasteiger partial charge in [0.05, 0.1) is 22.9 Å². The lowest BCUT2D eigenvalue weighted by Crippen LogP contribution is -2.47. The number of pyridine rings is 1. The molecule has 168 valence electrons. The Balaban J connectivity index is 1.41. The Morgan fingerprint density at radius 2 is 2.09 bits per heavy atom. The second kappa shape index (κ2) is 7.31. The summed E-state index contributed by atoms with van der Waals surface area (Å²) in [4.78, 5) is 16.5. The minimum Gasteiger partial charge on any atom is -0.383 e. The molecule has 0 spiro atoms. The fourth-order valence-corrected chi connectivity index (χ4v) is 5.65. The molecule has 3 aromatic heterocycles. The number of nitrogens with two attached hydrogens (primary N) is 1. The third kappa shape index (κ3) is 3.20. The van der Waals surface area contributed by atoms with Gasteiger partial charge in [-0.3, -0.25) is 4.98 Å². The molecule has 1 aromatic carbocycles. The van der Waals surface area contributed by atoms with E-state index in [2.05, 4.69) is 20.3 Å². The van der Waals surface area contributed by atoms with Crippen LogP contribution in [0.4, 0.5) is 14.6 Å². The van der Waals surface area contributed by atoms with Crippen LogP contribution in [0.5, 0.6) is 0 Å². The number of aromatic nitrogens is 4. The number of nitrogens with one attached hydrogen (secondary N) is 2. The predicted molar refractivity (Wildman–Crippen MR) is 122 cm³/mol. The highest BCUT2D eigenvalue weighted by atomic mass is 19.1. The highest BCUT2D eigenvalue weighted by Crippen LogP contribution is 2.45. The lowest BCUT2D eigenvalue weighted by Gasteiger charge is -2.36. The van der Waals surface area contributed by atoms with Gasteiger partial charge in [-0.25, -0.2) is 18.7 Å². The predicted octanol–water partition coefficient (Wildman–Crippen LogP) is 4.32. The van der Waals surface area contributed by atoms with Crippen LogP contribution >= 0.6 is 0 Å². The Labute approximate surface area is 189 Å². The van der Waals surface area contributed by atoms with Crippen LogP contribution in [-0.4, -0.2) is 26.0 Å². The fraction of sp³-hybridized carbons (Fsp3) is 0.320. The summed E-state index contributed by atoms with van der Waals surface area (Å²) in [5.74, 6) is 0.150. The molecule has 4 N–H and O–H groups in total. The van der Waals surface area contributed by atoms with E-state index in [9.17, 15) is 8.78 Å². The van der Waals surface area contributed by atoms with Crippen molar-refractivity contribution in [3.05, 3.63) is 70.8 Å². The second-order valence-corrected chi connectivity index (χ2v) is 9.21. The number of anilines is 1. The minimum atomic E-state index is -0.441. The first kappa shape index (κ1) is 20.2. The van der Waals surface area contributed by atoms with Crippen LogP contribution in [0.15, 0.2) is 36.7 Å². The van der Waals surface area contributed by atoms with E-state index in [1.165, 1.54) is 12.1 Å². The number of aromatic amines is 1. The highest BCUT2D eigenvalue weighted by molar-refractivity contribution is 5.85. The number of nitrogens with zero attached hydrogens (tertiary/aromatic N) is 3. The van der Waals surface area contributed by atoms with Gasteiger partial charge in [-0.2, -0.15) is 0 Å². The molecule has 6 rings (SSSR count). The molecule has 33 heavy (non-hydrogen) atoms. The number of hydrogen-bond donors (Lipinski definition) is 3. The molecule has 2 bridgehead atoms. The Bertz CT molecular complexity index is 1400. The molecule has 2 aliphatic rings. The van der Waals surface area contributed by atoms with E-state index in [0.29, 0.717) is 28.8 Å². The molecule has 1 saturated heterocycles. The largest absolute Gasteiger partial charge is 0.383 e. The quantitative estimate of drug-likeness (QED) is 0.434. The van der Waals surface area contributed by atoms with Crippen molar-refractivity contribution in [1.82, 2.24) is 25.3 Å². The summed E-state index contributed by atoms with van der Waals surface area (Å²) in [5, 5.41) is 4.72. The monoisotopic (exact) mass is 446 g/mol. The summed E-state index contributed by atoms with van der Waals surface area (Å²) in [6.45, 7) is 1.99. The van der Waals surface area contributed by atoms with Crippen LogP contribution in [0.2, 0.25) is 0 Å². The van der Waals surface area contributed by atoms with E-state index in [1.54, 1.807) is 12.3 Å². The summed E-state index contributed by atoms with van der Waals surface area (Å²) in [7, 11) is 0. The van der Waals surface area contributed by atoms with Crippen LogP contribution in [0, 0.1) is 18.6 Å². The van der Waals surface area contributed by atoms with Gasteiger partial charge in [-0.05, 0) is 56.7 Å². The van der Waals surface area contributed by atoms with Gasteiger partial charge < -0.3 is 16.0 Å². The van der Waals surface area contributed by atoms with Gasteiger partial charge in [0.25, 0.3) is 0 Å². The van der Waals surface area contributed by atoms with E-state index in [-0.39, 0.29) is 11.4 Å². The Morgan fingerprint density at radius 3 is 2.94 bits per heavy atom. The number of H-pyrrole nitrogens is 1. The van der Waals surface area contributed by atoms with Crippen LogP contribution < -0.4 is 11.1 Å². The third-order valence-corrected chi connectivity index (χ3v) is 7.21. The number of aryl methyl sites for hydroxylation is 2. The van der Waals surface area contributed by atoms with Gasteiger partial charge in [0.2, 0.25) is 0 Å². The number of hydrogen-bond acceptors (Lipinski definition) is 5. The van der Waals surface area contributed by atoms with Crippen molar-refractivity contribution in [2.24, 2.45) is 0 Å². The van der Waals surface area contributed by atoms with Gasteiger partial charge in [0.1, 0.15) is 17.5 Å². The van der Waals surface area contributed by atoms with Crippen LogP contribution in [-0.2, 0) is 18.4 Å². The molecule has 0 radical (unpaired) electrons. The summed E-state index contributed by atoms with van der Waals surface area (Å²) >= 11 is 0. The molecular formula is C25H24F2N6. The molecular weight excluding hydrogens is 422 g/mol. The molecule has 2 aliphatic heterocycles. The van der Waals surface area contributed by atoms with Crippen LogP contribution in [0.3, 0.4) is 0 Å². The van der Waals surface area contributed by atoms with Crippen molar-refractivity contribution in [2.45, 2.75) is 50.6 Å². The molecule has 5 heterocycles. The van der Waals surface area contributed by atoms with E-state index in [0.717, 1.165) is 66.2 Å². The molecule has 2 unspecified atom stereocenters. The Hall–Kier alpha value is -3.39. The van der Waals surface area contributed by atoms with Crippen molar-refractivity contribution in [2.75, 3.05) is 5.73 Å². The van der Waals surface area contributed by atoms with Crippen molar-refractivity contribution in [1.29, 1.82) is 0 Å². The molecule has 8 heteroatoms. The molecule has 0 aliphatic carbocycles. The minimum absolute atomic E-state index is 0.240. The molecule has 4 aromatic rings. The Kier molecular flexibility index (Phi) is 4.48. The zero-order valence-electron chi connectivity index (χ0n) is 18.3. The first-order valence-corrected chi connectivity index (χ1v) is 11.2. The normalized spacial score (nSPS) is 21.5. The zero-order valence-corrected chi connectivity index (χ0v) is 18.3. The number of rotatable bonds is 4. The van der Waals surface area contributed by atoms with Gasteiger partial charge in [0, 0.05) is 34.4 Å². The number of benzene rings is 1. The summed E-state index contributed by atoms with van der Waals surface area (Å²) < 4.78 is 28.1. The number of halogens is 2. The second-order valence-electron chi connectivity index (χ2n) is 9.21. The van der Waals surface area contributed by atoms with Crippen molar-refractivity contribution < 1.29 is 8.78 Å². The van der Waals surface area contributed by atoms with Crippen molar-refractivity contribution in [3.63, 3.8) is 0 Å². The van der Waals surface area contributed by atoms with E-state index in [4.69, 9.17) is 10.7 Å². The zero-order chi connectivity index (χ0) is 22.7. The van der Waals surface area contributed by atoms with Crippen LogP contribution in [0.1, 0.15) is 41.8 Å². The van der Waals surface area contributed by atoms with E-state index >= 15 is 0 Å².